The Morgan fingerprint density at radius 1 is 0.222 bits per heavy atom. The topological polar surface area (TPSA) is 336 Å². The summed E-state index contributed by atoms with van der Waals surface area (Å²) in [5.41, 5.74) is 0. The summed E-state index contributed by atoms with van der Waals surface area (Å²) >= 11 is 0. The van der Waals surface area contributed by atoms with Gasteiger partial charge in [0.1, 0.15) is 0 Å². The van der Waals surface area contributed by atoms with Gasteiger partial charge >= 0.3 is 53.7 Å². The first-order valence-electron chi connectivity index (χ1n) is 10.1. The van der Waals surface area contributed by atoms with E-state index < -0.39 is 53.7 Å². The molecule has 0 amide bonds. The van der Waals surface area contributed by atoms with E-state index in [2.05, 4.69) is 59.2 Å². The van der Waals surface area contributed by atoms with Crippen LogP contribution in [-0.2, 0) is 43.2 Å². The third-order valence-electron chi connectivity index (χ3n) is 1.57. The van der Waals surface area contributed by atoms with Crippen molar-refractivity contribution in [2.24, 2.45) is 0 Å². The number of rotatable bonds is 9. The van der Waals surface area contributed by atoms with E-state index in [0.29, 0.717) is 0 Å². The number of hydrogen-bond acceptors (Lipinski definition) is 9. The molecule has 0 unspecified atom stereocenters. The van der Waals surface area contributed by atoms with Crippen molar-refractivity contribution < 1.29 is 89.1 Å². The first kappa shape index (κ1) is 61.8. The van der Waals surface area contributed by atoms with Crippen molar-refractivity contribution in [3.63, 3.8) is 0 Å². The second kappa shape index (κ2) is 56.9. The molecule has 0 aromatic heterocycles. The normalized spacial score (nSPS) is 6.40. The maximum Gasteiger partial charge on any atom is 0.327 e. The maximum absolute atomic E-state index is 9.25. The maximum atomic E-state index is 9.25. The van der Waals surface area contributed by atoms with Crippen LogP contribution in [0, 0.1) is 0 Å². The Morgan fingerprint density at radius 2 is 0.244 bits per heavy atom. The van der Waals surface area contributed by atoms with Gasteiger partial charge in [-0.3, -0.25) is 0 Å². The zero-order valence-corrected chi connectivity index (χ0v) is 23.8. The molecule has 9 N–H and O–H groups in total. The van der Waals surface area contributed by atoms with Gasteiger partial charge in [-0.25, -0.2) is 43.2 Å². The lowest BCUT2D eigenvalue weighted by Crippen LogP contribution is -1.82. The fraction of sp³-hybridized carbons (Fsp3) is 0. The second-order valence-electron chi connectivity index (χ2n) is 4.88. The van der Waals surface area contributed by atoms with Crippen molar-refractivity contribution in [1.82, 2.24) is 0 Å². The lowest BCUT2D eigenvalue weighted by molar-refractivity contribution is -0.132. The van der Waals surface area contributed by atoms with Gasteiger partial charge < -0.3 is 46.0 Å². The molecule has 0 rings (SSSR count). The molecule has 252 valence electrons. The van der Waals surface area contributed by atoms with Gasteiger partial charge in [0.25, 0.3) is 0 Å². The molecule has 45 heavy (non-hydrogen) atoms. The molecule has 0 saturated carbocycles. The summed E-state index contributed by atoms with van der Waals surface area (Å²) in [6.45, 7) is 26.6. The quantitative estimate of drug-likeness (QED) is 0.162. The van der Waals surface area contributed by atoms with Gasteiger partial charge in [0.2, 0.25) is 0 Å². The molecule has 0 heterocycles. The standard InChI is InChI=1S/9C3H4O2/c9*1-2-3(4)5/h9*2H,1H2,(H,4,5). The molecule has 0 aromatic rings. The number of hydrogen-bond donors (Lipinski definition) is 9. The van der Waals surface area contributed by atoms with Crippen LogP contribution in [0.1, 0.15) is 0 Å². The molecule has 18 nitrogen and oxygen atoms in total. The van der Waals surface area contributed by atoms with Crippen LogP contribution < -0.4 is 0 Å². The molecule has 0 bridgehead atoms. The van der Waals surface area contributed by atoms with Crippen LogP contribution in [0.25, 0.3) is 0 Å². The Hall–Kier alpha value is -7.11. The molecule has 0 atom stereocenters. The van der Waals surface area contributed by atoms with Gasteiger partial charge in [-0.15, -0.1) is 0 Å². The Labute approximate surface area is 257 Å². The van der Waals surface area contributed by atoms with Gasteiger partial charge in [0.05, 0.1) is 0 Å². The van der Waals surface area contributed by atoms with Crippen molar-refractivity contribution in [2.45, 2.75) is 0 Å². The molecule has 0 spiro atoms. The Kier molecular flexibility index (Phi) is 78.2. The van der Waals surface area contributed by atoms with Crippen LogP contribution in [0.5, 0.6) is 0 Å². The summed E-state index contributed by atoms with van der Waals surface area (Å²) < 4.78 is 0. The third kappa shape index (κ3) is 379. The molecule has 0 radical (unpaired) electrons. The van der Waals surface area contributed by atoms with Crippen LogP contribution in [0.4, 0.5) is 0 Å². The highest BCUT2D eigenvalue weighted by atomic mass is 16.4. The smallest absolute Gasteiger partial charge is 0.327 e. The van der Waals surface area contributed by atoms with Crippen molar-refractivity contribution in [3.8, 4) is 0 Å². The van der Waals surface area contributed by atoms with E-state index in [1.807, 2.05) is 0 Å². The van der Waals surface area contributed by atoms with E-state index >= 15 is 0 Å². The number of aliphatic carboxylic acids is 9. The minimum atomic E-state index is -0.981. The Balaban J connectivity index is -0.0000000463. The zero-order valence-electron chi connectivity index (χ0n) is 23.8. The molecular weight excluding hydrogens is 612 g/mol. The summed E-state index contributed by atoms with van der Waals surface area (Å²) in [5, 5.41) is 68.4. The zero-order chi connectivity index (χ0) is 38.6. The first-order chi connectivity index (χ1) is 20.4. The van der Waals surface area contributed by atoms with Crippen molar-refractivity contribution in [2.75, 3.05) is 0 Å². The largest absolute Gasteiger partial charge is 0.478 e. The molecule has 18 heteroatoms. The average Bonchev–Trinajstić information content (AvgIpc) is 2.99. The molecule has 0 aliphatic heterocycles. The fourth-order valence-corrected chi connectivity index (χ4v) is 0. The number of carboxylic acids is 9. The van der Waals surface area contributed by atoms with Crippen LogP contribution in [0.3, 0.4) is 0 Å². The average molecular weight is 649 g/mol. The summed E-state index contributed by atoms with van der Waals surface area (Å²) in [7, 11) is 0. The van der Waals surface area contributed by atoms with E-state index in [9.17, 15) is 43.2 Å². The summed E-state index contributed by atoms with van der Waals surface area (Å²) in [6.07, 6.45) is 7.50. The minimum Gasteiger partial charge on any atom is -0.478 e. The monoisotopic (exact) mass is 648 g/mol. The highest BCUT2D eigenvalue weighted by Gasteiger charge is 1.76. The van der Waals surface area contributed by atoms with Gasteiger partial charge in [-0.2, -0.15) is 0 Å². The van der Waals surface area contributed by atoms with E-state index in [4.69, 9.17) is 46.0 Å². The first-order valence-corrected chi connectivity index (χ1v) is 10.1. The van der Waals surface area contributed by atoms with Crippen molar-refractivity contribution in [1.29, 1.82) is 0 Å². The van der Waals surface area contributed by atoms with Gasteiger partial charge in [-0.05, 0) is 0 Å². The number of carbonyl (C=O) groups is 9. The van der Waals surface area contributed by atoms with E-state index in [1.165, 1.54) is 0 Å². The predicted molar refractivity (Wildman–Crippen MR) is 160 cm³/mol. The van der Waals surface area contributed by atoms with E-state index in [1.54, 1.807) is 0 Å². The molecule has 0 fully saturated rings. The van der Waals surface area contributed by atoms with Crippen LogP contribution in [-0.4, -0.2) is 99.7 Å². The van der Waals surface area contributed by atoms with Crippen LogP contribution in [0.15, 0.2) is 114 Å². The van der Waals surface area contributed by atoms with Gasteiger partial charge in [0, 0.05) is 54.7 Å². The Morgan fingerprint density at radius 3 is 0.244 bits per heavy atom. The van der Waals surface area contributed by atoms with Crippen molar-refractivity contribution >= 4 is 53.7 Å². The van der Waals surface area contributed by atoms with Gasteiger partial charge in [-0.1, -0.05) is 59.2 Å². The molecule has 0 aliphatic rings. The lowest BCUT2D eigenvalue weighted by atomic mass is 10.7. The molecule has 0 saturated heterocycles. The summed E-state index contributed by atoms with van der Waals surface area (Å²) in [5.74, 6) is -8.83. The van der Waals surface area contributed by atoms with E-state index in [-0.39, 0.29) is 0 Å². The summed E-state index contributed by atoms with van der Waals surface area (Å²) in [6, 6.07) is 0. The van der Waals surface area contributed by atoms with Gasteiger partial charge in [0.15, 0.2) is 0 Å². The second-order valence-corrected chi connectivity index (χ2v) is 4.88. The molecular formula is C27H36O18. The minimum absolute atomic E-state index is 0.833. The third-order valence-corrected chi connectivity index (χ3v) is 1.57. The lowest BCUT2D eigenvalue weighted by Gasteiger charge is -1.64. The fourth-order valence-electron chi connectivity index (χ4n) is 0. The SMILES string of the molecule is C=CC(=O)O.C=CC(=O)O.C=CC(=O)O.C=CC(=O)O.C=CC(=O)O.C=CC(=O)O.C=CC(=O)O.C=CC(=O)O.C=CC(=O)O. The summed E-state index contributed by atoms with van der Waals surface area (Å²) in [4.78, 5) is 83.2. The van der Waals surface area contributed by atoms with E-state index in [0.717, 1.165) is 54.7 Å². The van der Waals surface area contributed by atoms with Crippen LogP contribution >= 0.6 is 0 Å². The predicted octanol–water partition coefficient (Wildman–Crippen LogP) is 2.31. The van der Waals surface area contributed by atoms with Crippen LogP contribution in [0.2, 0.25) is 0 Å². The number of carboxylic acid groups (broad SMARTS) is 9. The Bertz CT molecular complexity index is 760. The van der Waals surface area contributed by atoms with Crippen molar-refractivity contribution in [3.05, 3.63) is 114 Å². The molecule has 0 aromatic carbocycles. The highest BCUT2D eigenvalue weighted by Crippen LogP contribution is 1.58. The molecule has 0 aliphatic carbocycles. The highest BCUT2D eigenvalue weighted by molar-refractivity contribution is 5.81.